The molecule has 2 aromatic rings. The number of fused-ring (bicyclic) bond motifs is 3. The number of carboxylic acids is 1. The van der Waals surface area contributed by atoms with Gasteiger partial charge in [0.05, 0.1) is 6.61 Å². The van der Waals surface area contributed by atoms with Crippen molar-refractivity contribution in [3.8, 4) is 11.1 Å². The Hall–Kier alpha value is -3.39. The summed E-state index contributed by atoms with van der Waals surface area (Å²) >= 11 is 0. The summed E-state index contributed by atoms with van der Waals surface area (Å²) in [5.74, 6) is -1.73. The van der Waals surface area contributed by atoms with Crippen molar-refractivity contribution in [3.05, 3.63) is 59.7 Å². The standard InChI is InChI=1S/C23H24N2O6/c1-25(23(21(27)28)10-11-30-14-23)20(26)12-24-22(29)31-13-19-17-8-4-2-6-15(17)16-7-3-5-9-18(16)19/h2-9,19H,10-14H2,1H3,(H,24,29)(H,27,28). The third-order valence-electron chi connectivity index (χ3n) is 6.14. The summed E-state index contributed by atoms with van der Waals surface area (Å²) in [6.07, 6.45) is -0.522. The molecule has 1 aliphatic carbocycles. The highest BCUT2D eigenvalue weighted by atomic mass is 16.5. The average molecular weight is 424 g/mol. The number of benzene rings is 2. The fourth-order valence-electron chi connectivity index (χ4n) is 4.29. The van der Waals surface area contributed by atoms with Gasteiger partial charge in [0.15, 0.2) is 5.54 Å². The Morgan fingerprint density at radius 1 is 1.13 bits per heavy atom. The van der Waals surface area contributed by atoms with Gasteiger partial charge in [0.2, 0.25) is 5.91 Å². The van der Waals surface area contributed by atoms with Gasteiger partial charge in [-0.3, -0.25) is 4.79 Å². The van der Waals surface area contributed by atoms with Crippen molar-refractivity contribution in [1.82, 2.24) is 10.2 Å². The minimum absolute atomic E-state index is 0.0739. The Morgan fingerprint density at radius 3 is 2.29 bits per heavy atom. The topological polar surface area (TPSA) is 105 Å². The van der Waals surface area contributed by atoms with Gasteiger partial charge < -0.3 is 24.8 Å². The molecule has 8 heteroatoms. The second kappa shape index (κ2) is 8.39. The normalized spacial score (nSPS) is 19.4. The summed E-state index contributed by atoms with van der Waals surface area (Å²) in [4.78, 5) is 37.5. The second-order valence-corrected chi connectivity index (χ2v) is 7.77. The van der Waals surface area contributed by atoms with Crippen LogP contribution >= 0.6 is 0 Å². The molecule has 0 radical (unpaired) electrons. The number of likely N-dealkylation sites (N-methyl/N-ethyl adjacent to an activating group) is 1. The highest BCUT2D eigenvalue weighted by Gasteiger charge is 2.48. The molecule has 1 unspecified atom stereocenters. The van der Waals surface area contributed by atoms with E-state index >= 15 is 0 Å². The van der Waals surface area contributed by atoms with Crippen LogP contribution in [0.25, 0.3) is 11.1 Å². The van der Waals surface area contributed by atoms with Gasteiger partial charge in [-0.15, -0.1) is 0 Å². The summed E-state index contributed by atoms with van der Waals surface area (Å²) in [6.45, 7) is -0.0295. The molecule has 31 heavy (non-hydrogen) atoms. The van der Waals surface area contributed by atoms with Crippen molar-refractivity contribution in [3.63, 3.8) is 0 Å². The van der Waals surface area contributed by atoms with Crippen LogP contribution in [0, 0.1) is 0 Å². The van der Waals surface area contributed by atoms with Gasteiger partial charge in [-0.2, -0.15) is 0 Å². The molecule has 2 amide bonds. The van der Waals surface area contributed by atoms with Gasteiger partial charge >= 0.3 is 12.1 Å². The van der Waals surface area contributed by atoms with Crippen molar-refractivity contribution in [2.45, 2.75) is 17.9 Å². The first-order valence-electron chi connectivity index (χ1n) is 10.1. The summed E-state index contributed by atoms with van der Waals surface area (Å²) < 4.78 is 10.6. The first-order chi connectivity index (χ1) is 14.9. The molecule has 1 aliphatic heterocycles. The zero-order chi connectivity index (χ0) is 22.0. The highest BCUT2D eigenvalue weighted by Crippen LogP contribution is 2.44. The molecule has 2 aromatic carbocycles. The zero-order valence-electron chi connectivity index (χ0n) is 17.2. The van der Waals surface area contributed by atoms with Crippen molar-refractivity contribution in [2.75, 3.05) is 33.4 Å². The van der Waals surface area contributed by atoms with Gasteiger partial charge in [-0.05, 0) is 22.3 Å². The maximum absolute atomic E-state index is 12.5. The van der Waals surface area contributed by atoms with E-state index in [9.17, 15) is 19.5 Å². The van der Waals surface area contributed by atoms with Crippen molar-refractivity contribution >= 4 is 18.0 Å². The van der Waals surface area contributed by atoms with Crippen LogP contribution in [0.3, 0.4) is 0 Å². The Labute approximate surface area is 179 Å². The van der Waals surface area contributed by atoms with E-state index in [0.29, 0.717) is 0 Å². The predicted octanol–water partition coefficient (Wildman–Crippen LogP) is 2.23. The van der Waals surface area contributed by atoms with E-state index < -0.39 is 23.5 Å². The first kappa shape index (κ1) is 20.9. The number of hydrogen-bond donors (Lipinski definition) is 2. The molecule has 1 atom stereocenters. The molecule has 4 rings (SSSR count). The zero-order valence-corrected chi connectivity index (χ0v) is 17.2. The third-order valence-corrected chi connectivity index (χ3v) is 6.14. The molecule has 2 aliphatic rings. The van der Waals surface area contributed by atoms with Crippen molar-refractivity contribution < 1.29 is 29.0 Å². The molecule has 8 nitrogen and oxygen atoms in total. The van der Waals surface area contributed by atoms with E-state index in [1.165, 1.54) is 7.05 Å². The van der Waals surface area contributed by atoms with Crippen molar-refractivity contribution in [2.24, 2.45) is 0 Å². The average Bonchev–Trinajstić information content (AvgIpc) is 3.40. The predicted molar refractivity (Wildman–Crippen MR) is 112 cm³/mol. The summed E-state index contributed by atoms with van der Waals surface area (Å²) in [5.41, 5.74) is 3.04. The maximum atomic E-state index is 12.5. The molecule has 1 saturated heterocycles. The van der Waals surface area contributed by atoms with E-state index in [0.717, 1.165) is 27.2 Å². The number of amides is 2. The van der Waals surface area contributed by atoms with Crippen LogP contribution in [0.1, 0.15) is 23.5 Å². The lowest BCUT2D eigenvalue weighted by atomic mass is 9.97. The Bertz CT molecular complexity index is 969. The lowest BCUT2D eigenvalue weighted by Gasteiger charge is -2.33. The van der Waals surface area contributed by atoms with Crippen LogP contribution < -0.4 is 5.32 Å². The molecular formula is C23H24N2O6. The number of carboxylic acid groups (broad SMARTS) is 1. The summed E-state index contributed by atoms with van der Waals surface area (Å²) in [5, 5.41) is 12.0. The van der Waals surface area contributed by atoms with Crippen molar-refractivity contribution in [1.29, 1.82) is 0 Å². The number of hydrogen-bond acceptors (Lipinski definition) is 5. The molecule has 0 spiro atoms. The Balaban J connectivity index is 1.35. The fourth-order valence-corrected chi connectivity index (χ4v) is 4.29. The minimum atomic E-state index is -1.40. The number of nitrogens with zero attached hydrogens (tertiary/aromatic N) is 1. The van der Waals surface area contributed by atoms with E-state index in [-0.39, 0.29) is 38.7 Å². The molecule has 162 valence electrons. The molecule has 0 aromatic heterocycles. The minimum Gasteiger partial charge on any atom is -0.479 e. The fraction of sp³-hybridized carbons (Fsp3) is 0.348. The number of nitrogens with one attached hydrogen (secondary N) is 1. The quantitative estimate of drug-likeness (QED) is 0.737. The smallest absolute Gasteiger partial charge is 0.407 e. The first-order valence-corrected chi connectivity index (χ1v) is 10.1. The maximum Gasteiger partial charge on any atom is 0.407 e. The van der Waals surface area contributed by atoms with Crippen LogP contribution in [0.15, 0.2) is 48.5 Å². The largest absolute Gasteiger partial charge is 0.479 e. The Morgan fingerprint density at radius 2 is 1.74 bits per heavy atom. The van der Waals surface area contributed by atoms with Crippen LogP contribution in [0.2, 0.25) is 0 Å². The monoisotopic (exact) mass is 424 g/mol. The summed E-state index contributed by atoms with van der Waals surface area (Å²) in [7, 11) is 1.41. The van der Waals surface area contributed by atoms with Crippen LogP contribution in [0.4, 0.5) is 4.79 Å². The highest BCUT2D eigenvalue weighted by molar-refractivity contribution is 5.89. The number of alkyl carbamates (subject to hydrolysis) is 1. The van der Waals surface area contributed by atoms with E-state index in [1.807, 2.05) is 48.5 Å². The number of carbonyl (C=O) groups is 3. The molecule has 1 heterocycles. The lowest BCUT2D eigenvalue weighted by molar-refractivity contribution is -0.157. The SMILES string of the molecule is CN(C(=O)CNC(=O)OCC1c2ccccc2-c2ccccc21)C1(C(=O)O)CCOC1. The second-order valence-electron chi connectivity index (χ2n) is 7.77. The van der Waals surface area contributed by atoms with Gasteiger partial charge in [-0.25, -0.2) is 9.59 Å². The van der Waals surface area contributed by atoms with E-state index in [2.05, 4.69) is 5.32 Å². The number of carbonyl (C=O) groups excluding carboxylic acids is 2. The third kappa shape index (κ3) is 3.74. The number of aliphatic carboxylic acids is 1. The summed E-state index contributed by atoms with van der Waals surface area (Å²) in [6, 6.07) is 16.0. The molecule has 1 fully saturated rings. The van der Waals surface area contributed by atoms with Crippen LogP contribution in [-0.2, 0) is 19.1 Å². The molecular weight excluding hydrogens is 400 g/mol. The van der Waals surface area contributed by atoms with Gasteiger partial charge in [-0.1, -0.05) is 48.5 Å². The van der Waals surface area contributed by atoms with Crippen LogP contribution in [-0.4, -0.2) is 66.9 Å². The van der Waals surface area contributed by atoms with Gasteiger partial charge in [0, 0.05) is 26.0 Å². The molecule has 0 saturated carbocycles. The van der Waals surface area contributed by atoms with Gasteiger partial charge in [0.25, 0.3) is 0 Å². The van der Waals surface area contributed by atoms with E-state index in [1.54, 1.807) is 0 Å². The molecule has 2 N–H and O–H groups in total. The van der Waals surface area contributed by atoms with Gasteiger partial charge in [0.1, 0.15) is 13.2 Å². The lowest BCUT2D eigenvalue weighted by Crippen LogP contribution is -2.57. The van der Waals surface area contributed by atoms with Crippen LogP contribution in [0.5, 0.6) is 0 Å². The Kier molecular flexibility index (Phi) is 5.65. The molecule has 0 bridgehead atoms. The number of rotatable bonds is 6. The number of ether oxygens (including phenoxy) is 2. The van der Waals surface area contributed by atoms with E-state index in [4.69, 9.17) is 9.47 Å².